The highest BCUT2D eigenvalue weighted by Gasteiger charge is 2.20. The normalized spacial score (nSPS) is 14.7. The van der Waals surface area contributed by atoms with Crippen molar-refractivity contribution in [2.24, 2.45) is 0 Å². The number of nitrogens with one attached hydrogen (secondary N) is 2. The molecule has 0 spiro atoms. The smallest absolute Gasteiger partial charge is 0.326 e. The molecule has 1 aliphatic heterocycles. The first-order chi connectivity index (χ1) is 16.0. The SMILES string of the molecule is CCc1cc(Nc2cc(N3CCN(C)CC3)nc(Oc3ccc4[nH]c(C)cc4c3F)n2)on1. The molecule has 0 amide bonds. The molecule has 10 heteroatoms. The number of fused-ring (bicyclic) bond motifs is 1. The van der Waals surface area contributed by atoms with Crippen LogP contribution in [0.1, 0.15) is 18.3 Å². The summed E-state index contributed by atoms with van der Waals surface area (Å²) in [5.41, 5.74) is 2.42. The highest BCUT2D eigenvalue weighted by molar-refractivity contribution is 5.82. The molecular formula is C23H26FN7O2. The largest absolute Gasteiger partial charge is 0.421 e. The van der Waals surface area contributed by atoms with Gasteiger partial charge < -0.3 is 29.4 Å². The fraction of sp³-hybridized carbons (Fsp3) is 0.348. The van der Waals surface area contributed by atoms with Gasteiger partial charge in [-0.3, -0.25) is 0 Å². The van der Waals surface area contributed by atoms with Gasteiger partial charge in [-0.05, 0) is 38.6 Å². The molecule has 1 saturated heterocycles. The highest BCUT2D eigenvalue weighted by atomic mass is 19.1. The maximum Gasteiger partial charge on any atom is 0.326 e. The van der Waals surface area contributed by atoms with Crippen LogP contribution in [0.5, 0.6) is 11.8 Å². The zero-order valence-electron chi connectivity index (χ0n) is 18.9. The van der Waals surface area contributed by atoms with E-state index >= 15 is 4.39 Å². The zero-order chi connectivity index (χ0) is 22.9. The number of halogens is 1. The van der Waals surface area contributed by atoms with Crippen LogP contribution >= 0.6 is 0 Å². The molecule has 33 heavy (non-hydrogen) atoms. The van der Waals surface area contributed by atoms with Crippen molar-refractivity contribution in [2.45, 2.75) is 20.3 Å². The number of benzene rings is 1. The first-order valence-electron chi connectivity index (χ1n) is 11.0. The van der Waals surface area contributed by atoms with E-state index in [1.165, 1.54) is 0 Å². The summed E-state index contributed by atoms with van der Waals surface area (Å²) < 4.78 is 26.3. The van der Waals surface area contributed by atoms with Crippen molar-refractivity contribution in [3.63, 3.8) is 0 Å². The molecule has 5 rings (SSSR count). The Morgan fingerprint density at radius 2 is 1.97 bits per heavy atom. The van der Waals surface area contributed by atoms with Gasteiger partial charge in [-0.25, -0.2) is 4.39 Å². The highest BCUT2D eigenvalue weighted by Crippen LogP contribution is 2.31. The van der Waals surface area contributed by atoms with Gasteiger partial charge in [0.2, 0.25) is 5.88 Å². The second kappa shape index (κ2) is 8.70. The number of piperazine rings is 1. The molecule has 1 aliphatic rings. The van der Waals surface area contributed by atoms with Gasteiger partial charge in [0.15, 0.2) is 11.6 Å². The molecule has 3 aromatic heterocycles. The monoisotopic (exact) mass is 451 g/mol. The summed E-state index contributed by atoms with van der Waals surface area (Å²) in [6, 6.07) is 8.82. The minimum Gasteiger partial charge on any atom is -0.421 e. The summed E-state index contributed by atoms with van der Waals surface area (Å²) in [7, 11) is 2.09. The van der Waals surface area contributed by atoms with Gasteiger partial charge in [0, 0.05) is 54.9 Å². The topological polar surface area (TPSA) is 95.3 Å². The number of anilines is 3. The van der Waals surface area contributed by atoms with Gasteiger partial charge in [-0.1, -0.05) is 12.1 Å². The molecule has 9 nitrogen and oxygen atoms in total. The molecule has 4 heterocycles. The van der Waals surface area contributed by atoms with Crippen molar-refractivity contribution < 1.29 is 13.7 Å². The Kier molecular flexibility index (Phi) is 5.59. The van der Waals surface area contributed by atoms with Crippen LogP contribution in [0.3, 0.4) is 0 Å². The number of rotatable bonds is 6. The van der Waals surface area contributed by atoms with Crippen LogP contribution in [0, 0.1) is 12.7 Å². The Labute approximate surface area is 190 Å². The molecule has 0 saturated carbocycles. The van der Waals surface area contributed by atoms with Gasteiger partial charge in [0.05, 0.1) is 5.69 Å². The lowest BCUT2D eigenvalue weighted by atomic mass is 10.2. The van der Waals surface area contributed by atoms with Crippen LogP contribution in [-0.4, -0.2) is 58.2 Å². The number of aryl methyl sites for hydroxylation is 2. The summed E-state index contributed by atoms with van der Waals surface area (Å²) in [5, 5.41) is 7.59. The minimum atomic E-state index is -0.456. The maximum atomic E-state index is 15.1. The molecule has 0 aliphatic carbocycles. The summed E-state index contributed by atoms with van der Waals surface area (Å²) in [6.45, 7) is 7.36. The van der Waals surface area contributed by atoms with Gasteiger partial charge in [-0.15, -0.1) is 0 Å². The van der Waals surface area contributed by atoms with Crippen molar-refractivity contribution >= 4 is 28.4 Å². The quantitative estimate of drug-likeness (QED) is 0.449. The molecule has 172 valence electrons. The van der Waals surface area contributed by atoms with Crippen LogP contribution < -0.4 is 15.0 Å². The van der Waals surface area contributed by atoms with E-state index in [0.717, 1.165) is 44.0 Å². The van der Waals surface area contributed by atoms with Crippen molar-refractivity contribution in [1.29, 1.82) is 0 Å². The Bertz CT molecular complexity index is 1280. The van der Waals surface area contributed by atoms with Crippen LogP contribution in [-0.2, 0) is 6.42 Å². The summed E-state index contributed by atoms with van der Waals surface area (Å²) >= 11 is 0. The standard InChI is InChI=1S/C23H26FN7O2/c1-4-15-12-21(33-29-15)26-19-13-20(31-9-7-30(3)8-10-31)28-23(27-19)32-18-6-5-17-16(22(18)24)11-14(2)25-17/h5-6,11-13,25H,4,7-10H2,1-3H3,(H,26,27,28). The zero-order valence-corrected chi connectivity index (χ0v) is 18.9. The second-order valence-electron chi connectivity index (χ2n) is 8.24. The van der Waals surface area contributed by atoms with E-state index in [4.69, 9.17) is 9.26 Å². The lowest BCUT2D eigenvalue weighted by molar-refractivity contribution is 0.311. The summed E-state index contributed by atoms with van der Waals surface area (Å²) in [5.74, 6) is 1.26. The van der Waals surface area contributed by atoms with Crippen molar-refractivity contribution in [3.05, 3.63) is 47.5 Å². The lowest BCUT2D eigenvalue weighted by Crippen LogP contribution is -2.44. The van der Waals surface area contributed by atoms with Crippen molar-refractivity contribution in [1.82, 2.24) is 25.0 Å². The fourth-order valence-electron chi connectivity index (χ4n) is 3.85. The van der Waals surface area contributed by atoms with Crippen LogP contribution in [0.2, 0.25) is 0 Å². The van der Waals surface area contributed by atoms with E-state index in [0.29, 0.717) is 28.4 Å². The Balaban J connectivity index is 1.48. The molecule has 0 radical (unpaired) electrons. The molecule has 0 atom stereocenters. The van der Waals surface area contributed by atoms with E-state index in [-0.39, 0.29) is 11.8 Å². The molecule has 4 aromatic rings. The third-order valence-corrected chi connectivity index (χ3v) is 5.73. The molecule has 0 unspecified atom stereocenters. The number of nitrogens with zero attached hydrogens (tertiary/aromatic N) is 5. The first-order valence-corrected chi connectivity index (χ1v) is 11.0. The third kappa shape index (κ3) is 4.47. The molecule has 0 bridgehead atoms. The Morgan fingerprint density at radius 1 is 1.15 bits per heavy atom. The molecule has 1 aromatic carbocycles. The average molecular weight is 452 g/mol. The average Bonchev–Trinajstić information content (AvgIpc) is 3.42. The number of aromatic nitrogens is 4. The number of ether oxygens (including phenoxy) is 1. The number of likely N-dealkylation sites (N-methyl/N-ethyl adjacent to an activating group) is 1. The van der Waals surface area contributed by atoms with Crippen molar-refractivity contribution in [2.75, 3.05) is 43.4 Å². The van der Waals surface area contributed by atoms with E-state index in [2.05, 4.69) is 42.3 Å². The number of hydrogen-bond donors (Lipinski definition) is 2. The van der Waals surface area contributed by atoms with Gasteiger partial charge in [-0.2, -0.15) is 9.97 Å². The van der Waals surface area contributed by atoms with Crippen LogP contribution in [0.15, 0.2) is 34.9 Å². The summed E-state index contributed by atoms with van der Waals surface area (Å²) in [4.78, 5) is 16.6. The maximum absolute atomic E-state index is 15.1. The van der Waals surface area contributed by atoms with E-state index in [1.807, 2.05) is 26.0 Å². The first kappa shape index (κ1) is 21.2. The number of H-pyrrole nitrogens is 1. The van der Waals surface area contributed by atoms with E-state index in [1.54, 1.807) is 18.2 Å². The fourth-order valence-corrected chi connectivity index (χ4v) is 3.85. The predicted molar refractivity (Wildman–Crippen MR) is 124 cm³/mol. The van der Waals surface area contributed by atoms with Crippen LogP contribution in [0.4, 0.5) is 21.9 Å². The third-order valence-electron chi connectivity index (χ3n) is 5.73. The van der Waals surface area contributed by atoms with E-state index in [9.17, 15) is 0 Å². The minimum absolute atomic E-state index is 0.0506. The Hall–Kier alpha value is -3.66. The van der Waals surface area contributed by atoms with E-state index < -0.39 is 5.82 Å². The number of aromatic amines is 1. The van der Waals surface area contributed by atoms with Gasteiger partial charge in [0.25, 0.3) is 0 Å². The molecule has 2 N–H and O–H groups in total. The predicted octanol–water partition coefficient (Wildman–Crippen LogP) is 4.24. The van der Waals surface area contributed by atoms with Gasteiger partial charge in [0.1, 0.15) is 11.6 Å². The van der Waals surface area contributed by atoms with Crippen molar-refractivity contribution in [3.8, 4) is 11.8 Å². The lowest BCUT2D eigenvalue weighted by Gasteiger charge is -2.33. The molecular weight excluding hydrogens is 425 g/mol. The second-order valence-corrected chi connectivity index (χ2v) is 8.24. The Morgan fingerprint density at radius 3 is 2.73 bits per heavy atom. The van der Waals surface area contributed by atoms with Crippen LogP contribution in [0.25, 0.3) is 10.9 Å². The summed E-state index contributed by atoms with van der Waals surface area (Å²) in [6.07, 6.45) is 0.760. The molecule has 1 fully saturated rings. The van der Waals surface area contributed by atoms with Gasteiger partial charge >= 0.3 is 6.01 Å². The number of hydrogen-bond acceptors (Lipinski definition) is 8.